The first-order valence-electron chi connectivity index (χ1n) is 3.78. The van der Waals surface area contributed by atoms with E-state index in [4.69, 9.17) is 0 Å². The van der Waals surface area contributed by atoms with E-state index >= 15 is 0 Å². The molecule has 0 fully saturated rings. The topological polar surface area (TPSA) is 0 Å². The largest absolute Gasteiger partial charge is 3.00 e. The minimum atomic E-state index is -0.862. The third kappa shape index (κ3) is 9.32. The molecule has 1 radical (unpaired) electrons. The van der Waals surface area contributed by atoms with Crippen molar-refractivity contribution in [2.75, 3.05) is 0 Å². The van der Waals surface area contributed by atoms with Gasteiger partial charge < -0.3 is 24.8 Å². The second-order valence-electron chi connectivity index (χ2n) is 4.03. The maximum atomic E-state index is 2.40. The average Bonchev–Trinajstić information content (AvgIpc) is 2.12. The molecule has 0 N–H and O–H groups in total. The molecule has 1 aromatic carbocycles. The Balaban J connectivity index is -0.000000333. The van der Waals surface area contributed by atoms with Gasteiger partial charge in [-0.2, -0.15) is 17.7 Å². The number of rotatable bonds is 2. The normalized spacial score (nSPS) is 9.15. The monoisotopic (exact) mass is 401 g/mol. The van der Waals surface area contributed by atoms with Crippen LogP contribution in [-0.4, -0.2) is 8.07 Å². The van der Waals surface area contributed by atoms with Crippen LogP contribution >= 0.6 is 0 Å². The van der Waals surface area contributed by atoms with Crippen LogP contribution in [-0.2, 0) is 31.9 Å². The predicted molar refractivity (Wildman–Crippen MR) is 49.1 cm³/mol. The van der Waals surface area contributed by atoms with Crippen LogP contribution in [0, 0.1) is 0 Å². The van der Waals surface area contributed by atoms with Crippen LogP contribution in [0.3, 0.4) is 0 Å². The fraction of sp³-hybridized carbons (Fsp3) is 0.444. The third-order valence-electron chi connectivity index (χ3n) is 1.47. The van der Waals surface area contributed by atoms with Crippen LogP contribution < -0.4 is 24.8 Å². The third-order valence-corrected chi connectivity index (χ3v) is 2.94. The van der Waals surface area contributed by atoms with E-state index in [-0.39, 0.29) is 50.7 Å². The van der Waals surface area contributed by atoms with Gasteiger partial charge in [-0.15, -0.1) is 0 Å². The molecule has 0 aliphatic rings. The van der Waals surface area contributed by atoms with Crippen molar-refractivity contribution in [1.82, 2.24) is 0 Å². The van der Waals surface area contributed by atoms with Crippen molar-refractivity contribution in [2.45, 2.75) is 25.7 Å². The Morgan fingerprint density at radius 2 is 1.38 bits per heavy atom. The van der Waals surface area contributed by atoms with Gasteiger partial charge in [0.2, 0.25) is 0 Å². The second-order valence-corrected chi connectivity index (χ2v) is 9.51. The Kier molecular flexibility index (Phi) is 12.5. The van der Waals surface area contributed by atoms with Crippen molar-refractivity contribution in [1.29, 1.82) is 0 Å². The first-order chi connectivity index (χ1) is 4.58. The molecule has 1 aromatic rings. The predicted octanol–water partition coefficient (Wildman–Crippen LogP) is -3.17. The Morgan fingerprint density at radius 1 is 1.00 bits per heavy atom. The van der Waals surface area contributed by atoms with Gasteiger partial charge in [0.05, 0.1) is 0 Å². The Bertz CT molecular complexity index is 192. The first-order valence-corrected chi connectivity index (χ1v) is 7.49. The number of halogens is 2. The van der Waals surface area contributed by atoms with E-state index in [1.54, 1.807) is 0 Å². The molecule has 0 aliphatic heterocycles. The summed E-state index contributed by atoms with van der Waals surface area (Å²) in [6, 6.07) is 10.0. The summed E-state index contributed by atoms with van der Waals surface area (Å²) in [6.45, 7) is 7.21. The first kappa shape index (κ1) is 19.6. The van der Waals surface area contributed by atoms with Crippen LogP contribution in [0.25, 0.3) is 0 Å². The minimum absolute atomic E-state index is 0. The fourth-order valence-electron chi connectivity index (χ4n) is 1.14. The Hall–Kier alpha value is 1.02. The van der Waals surface area contributed by atoms with Crippen LogP contribution in [0.1, 0.15) is 5.56 Å². The summed E-state index contributed by atoms with van der Waals surface area (Å²) in [5.41, 5.74) is 1.51. The van der Waals surface area contributed by atoms with Gasteiger partial charge in [-0.25, -0.2) is 12.1 Å². The second kappa shape index (κ2) is 8.34. The molecule has 4 heteroatoms. The van der Waals surface area contributed by atoms with E-state index in [2.05, 4.69) is 43.9 Å². The Labute approximate surface area is 113 Å². The maximum absolute atomic E-state index is 2.40. The molecule has 0 aromatic heterocycles. The van der Waals surface area contributed by atoms with E-state index in [0.717, 1.165) is 0 Å². The molecule has 13 heavy (non-hydrogen) atoms. The van der Waals surface area contributed by atoms with Crippen LogP contribution in [0.5, 0.6) is 0 Å². The van der Waals surface area contributed by atoms with Crippen LogP contribution in [0.2, 0.25) is 19.6 Å². The summed E-state index contributed by atoms with van der Waals surface area (Å²) in [4.78, 5) is 0. The molecular weight excluding hydrogens is 386 g/mol. The van der Waals surface area contributed by atoms with E-state index in [9.17, 15) is 0 Å². The van der Waals surface area contributed by atoms with Crippen molar-refractivity contribution in [3.63, 3.8) is 0 Å². The van der Waals surface area contributed by atoms with Gasteiger partial charge in [-0.05, 0) is 0 Å². The van der Waals surface area contributed by atoms with E-state index in [0.29, 0.717) is 0 Å². The summed E-state index contributed by atoms with van der Waals surface area (Å²) >= 11 is 0. The van der Waals surface area contributed by atoms with Gasteiger partial charge >= 0.3 is 25.8 Å². The summed E-state index contributed by atoms with van der Waals surface area (Å²) in [7, 11) is -0.862. The van der Waals surface area contributed by atoms with Gasteiger partial charge in [0.15, 0.2) is 0 Å². The van der Waals surface area contributed by atoms with Crippen LogP contribution in [0.15, 0.2) is 24.3 Å². The molecule has 0 atom stereocenters. The van der Waals surface area contributed by atoms with Crippen molar-refractivity contribution in [3.8, 4) is 0 Å². The molecule has 0 spiro atoms. The van der Waals surface area contributed by atoms with E-state index in [1.165, 1.54) is 11.6 Å². The van der Waals surface area contributed by atoms with E-state index < -0.39 is 8.07 Å². The summed E-state index contributed by atoms with van der Waals surface area (Å²) < 4.78 is 0. The quantitative estimate of drug-likeness (QED) is 0.363. The molecule has 0 amide bonds. The van der Waals surface area contributed by atoms with Crippen molar-refractivity contribution in [3.05, 3.63) is 29.8 Å². The molecule has 0 aliphatic carbocycles. The standard InChI is InChI=1S/C9H15Si.2ClH.Hf/c1-10(2,3)8-9-6-4-5-7-9;;;/h4-7H,8H2,1-3H3;2*1H;/q-1;;;+3/p-2. The molecule has 0 unspecified atom stereocenters. The van der Waals surface area contributed by atoms with E-state index in [1.807, 2.05) is 0 Å². The van der Waals surface area contributed by atoms with Gasteiger partial charge in [0.25, 0.3) is 0 Å². The molecule has 0 saturated carbocycles. The molecule has 0 heterocycles. The average molecular weight is 401 g/mol. The molecular formula is C9H15Cl2HfSi. The van der Waals surface area contributed by atoms with Gasteiger partial charge in [-0.1, -0.05) is 25.7 Å². The van der Waals surface area contributed by atoms with Crippen molar-refractivity contribution < 1.29 is 50.7 Å². The molecule has 1 rings (SSSR count). The zero-order chi connectivity index (χ0) is 7.61. The summed E-state index contributed by atoms with van der Waals surface area (Å²) in [6.07, 6.45) is 0. The molecule has 0 nitrogen and oxygen atoms in total. The van der Waals surface area contributed by atoms with Gasteiger partial charge in [0, 0.05) is 8.07 Å². The van der Waals surface area contributed by atoms with Gasteiger partial charge in [-0.3, -0.25) is 0 Å². The van der Waals surface area contributed by atoms with Gasteiger partial charge in [0.1, 0.15) is 0 Å². The minimum Gasteiger partial charge on any atom is -1.00 e. The SMILES string of the molecule is C[Si](C)(C)C[c-]1cccc1.[Cl-].[Cl-].[Hf+3]. The van der Waals surface area contributed by atoms with Crippen molar-refractivity contribution >= 4 is 8.07 Å². The summed E-state index contributed by atoms with van der Waals surface area (Å²) in [5, 5.41) is 0. The zero-order valence-electron chi connectivity index (χ0n) is 8.27. The molecule has 0 saturated heterocycles. The summed E-state index contributed by atoms with van der Waals surface area (Å²) in [5.74, 6) is 0. The zero-order valence-corrected chi connectivity index (χ0v) is 14.4. The number of hydrogen-bond donors (Lipinski definition) is 0. The smallest absolute Gasteiger partial charge is 1.00 e. The molecule has 73 valence electrons. The Morgan fingerprint density at radius 3 is 1.69 bits per heavy atom. The molecule has 0 bridgehead atoms. The van der Waals surface area contributed by atoms with Crippen molar-refractivity contribution in [2.24, 2.45) is 0 Å². The maximum Gasteiger partial charge on any atom is 3.00 e. The van der Waals surface area contributed by atoms with Crippen LogP contribution in [0.4, 0.5) is 0 Å². The number of hydrogen-bond acceptors (Lipinski definition) is 0. The fourth-order valence-corrected chi connectivity index (χ4v) is 2.60.